The van der Waals surface area contributed by atoms with Gasteiger partial charge in [-0.1, -0.05) is 38.8 Å². The summed E-state index contributed by atoms with van der Waals surface area (Å²) in [6.07, 6.45) is 4.45. The minimum absolute atomic E-state index is 0. The molecule has 1 amide bonds. The normalized spacial score (nSPS) is 17.3. The van der Waals surface area contributed by atoms with Crippen molar-refractivity contribution >= 4 is 18.3 Å². The summed E-state index contributed by atoms with van der Waals surface area (Å²) < 4.78 is 5.17. The number of nitrogens with one attached hydrogen (secondary N) is 1. The fraction of sp³-hybridized carbons (Fsp3) is 0.786. The van der Waals surface area contributed by atoms with E-state index < -0.39 is 5.54 Å². The third kappa shape index (κ3) is 4.97. The third-order valence-electron chi connectivity index (χ3n) is 3.54. The quantitative estimate of drug-likeness (QED) is 0.888. The van der Waals surface area contributed by atoms with Crippen molar-refractivity contribution in [1.29, 1.82) is 0 Å². The molecule has 1 heterocycles. The highest BCUT2D eigenvalue weighted by molar-refractivity contribution is 5.85. The molecule has 1 fully saturated rings. The van der Waals surface area contributed by atoms with Crippen LogP contribution in [0.2, 0.25) is 0 Å². The molecular formula is C14H25ClN4O2. The van der Waals surface area contributed by atoms with Gasteiger partial charge in [-0.2, -0.15) is 4.98 Å². The van der Waals surface area contributed by atoms with E-state index in [2.05, 4.69) is 15.5 Å². The lowest BCUT2D eigenvalue weighted by molar-refractivity contribution is -0.123. The van der Waals surface area contributed by atoms with Gasteiger partial charge in [0.1, 0.15) is 0 Å². The number of hydrogen-bond donors (Lipinski definition) is 2. The summed E-state index contributed by atoms with van der Waals surface area (Å²) in [5.41, 5.74) is 5.78. The first-order chi connectivity index (χ1) is 9.28. The first kappa shape index (κ1) is 17.9. The third-order valence-corrected chi connectivity index (χ3v) is 3.54. The van der Waals surface area contributed by atoms with Gasteiger partial charge in [0.15, 0.2) is 5.82 Å². The highest BCUT2D eigenvalue weighted by Gasteiger charge is 2.35. The Balaban J connectivity index is 0.00000220. The standard InChI is InChI=1S/C14H24N4O2.ClH/c1-13(2,3)8-10(19)16-9-11-17-12(18-20-11)14(15)6-4-5-7-14;/h4-9,15H2,1-3H3,(H,16,19);1H. The summed E-state index contributed by atoms with van der Waals surface area (Å²) in [7, 11) is 0. The molecule has 21 heavy (non-hydrogen) atoms. The Kier molecular flexibility index (Phi) is 5.75. The van der Waals surface area contributed by atoms with Crippen molar-refractivity contribution in [1.82, 2.24) is 15.5 Å². The van der Waals surface area contributed by atoms with Crippen molar-refractivity contribution in [2.45, 2.75) is 65.0 Å². The Bertz CT molecular complexity index is 476. The number of rotatable bonds is 4. The van der Waals surface area contributed by atoms with E-state index in [-0.39, 0.29) is 30.3 Å². The maximum atomic E-state index is 11.7. The lowest BCUT2D eigenvalue weighted by atomic mass is 9.92. The van der Waals surface area contributed by atoms with Gasteiger partial charge in [0.2, 0.25) is 11.8 Å². The zero-order valence-electron chi connectivity index (χ0n) is 12.9. The molecule has 0 unspecified atom stereocenters. The predicted octanol–water partition coefficient (Wildman–Crippen LogP) is 2.27. The molecular weight excluding hydrogens is 292 g/mol. The van der Waals surface area contributed by atoms with Gasteiger partial charge < -0.3 is 15.6 Å². The fourth-order valence-corrected chi connectivity index (χ4v) is 2.48. The molecule has 120 valence electrons. The van der Waals surface area contributed by atoms with Gasteiger partial charge in [0.25, 0.3) is 0 Å². The van der Waals surface area contributed by atoms with E-state index in [0.29, 0.717) is 18.1 Å². The van der Waals surface area contributed by atoms with Gasteiger partial charge in [-0.3, -0.25) is 4.79 Å². The number of carbonyl (C=O) groups excluding carboxylic acids is 1. The van der Waals surface area contributed by atoms with Crippen LogP contribution in [-0.2, 0) is 16.9 Å². The molecule has 6 nitrogen and oxygen atoms in total. The summed E-state index contributed by atoms with van der Waals surface area (Å²) in [5.74, 6) is 0.967. The minimum atomic E-state index is -0.447. The van der Waals surface area contributed by atoms with Crippen LogP contribution < -0.4 is 11.1 Å². The van der Waals surface area contributed by atoms with Crippen molar-refractivity contribution < 1.29 is 9.32 Å². The van der Waals surface area contributed by atoms with Crippen LogP contribution in [0.25, 0.3) is 0 Å². The molecule has 2 rings (SSSR count). The van der Waals surface area contributed by atoms with E-state index in [4.69, 9.17) is 10.3 Å². The van der Waals surface area contributed by atoms with Gasteiger partial charge in [0.05, 0.1) is 12.1 Å². The summed E-state index contributed by atoms with van der Waals surface area (Å²) in [6, 6.07) is 0. The molecule has 0 spiro atoms. The van der Waals surface area contributed by atoms with E-state index in [0.717, 1.165) is 25.7 Å². The highest BCUT2D eigenvalue weighted by atomic mass is 35.5. The number of hydrogen-bond acceptors (Lipinski definition) is 5. The molecule has 3 N–H and O–H groups in total. The molecule has 0 radical (unpaired) electrons. The van der Waals surface area contributed by atoms with Crippen molar-refractivity contribution in [2.75, 3.05) is 0 Å². The summed E-state index contributed by atoms with van der Waals surface area (Å²) >= 11 is 0. The summed E-state index contributed by atoms with van der Waals surface area (Å²) in [5, 5.41) is 6.76. The molecule has 1 aliphatic carbocycles. The largest absolute Gasteiger partial charge is 0.347 e. The van der Waals surface area contributed by atoms with Crippen LogP contribution >= 0.6 is 12.4 Å². The predicted molar refractivity (Wildman–Crippen MR) is 81.8 cm³/mol. The van der Waals surface area contributed by atoms with Crippen molar-refractivity contribution in [2.24, 2.45) is 11.1 Å². The van der Waals surface area contributed by atoms with E-state index >= 15 is 0 Å². The second kappa shape index (κ2) is 6.75. The van der Waals surface area contributed by atoms with Crippen molar-refractivity contribution in [3.05, 3.63) is 11.7 Å². The molecule has 0 aliphatic heterocycles. The average molecular weight is 317 g/mol. The monoisotopic (exact) mass is 316 g/mol. The van der Waals surface area contributed by atoms with E-state index in [1.165, 1.54) is 0 Å². The Hall–Kier alpha value is -1.14. The molecule has 0 bridgehead atoms. The second-order valence-corrected chi connectivity index (χ2v) is 6.89. The first-order valence-corrected chi connectivity index (χ1v) is 7.17. The number of halogens is 1. The van der Waals surface area contributed by atoms with Gasteiger partial charge in [-0.05, 0) is 18.3 Å². The Morgan fingerprint density at radius 1 is 1.38 bits per heavy atom. The van der Waals surface area contributed by atoms with E-state index in [1.807, 2.05) is 20.8 Å². The van der Waals surface area contributed by atoms with Gasteiger partial charge in [-0.15, -0.1) is 12.4 Å². The first-order valence-electron chi connectivity index (χ1n) is 7.17. The minimum Gasteiger partial charge on any atom is -0.347 e. The number of carbonyl (C=O) groups is 1. The second-order valence-electron chi connectivity index (χ2n) is 6.89. The molecule has 7 heteroatoms. The molecule has 1 aromatic heterocycles. The fourth-order valence-electron chi connectivity index (χ4n) is 2.48. The van der Waals surface area contributed by atoms with Crippen LogP contribution in [0.1, 0.15) is 64.6 Å². The van der Waals surface area contributed by atoms with Crippen molar-refractivity contribution in [3.63, 3.8) is 0 Å². The topological polar surface area (TPSA) is 94.0 Å². The smallest absolute Gasteiger partial charge is 0.246 e. The average Bonchev–Trinajstić information content (AvgIpc) is 2.93. The molecule has 0 atom stereocenters. The number of nitrogens with zero attached hydrogens (tertiary/aromatic N) is 2. The molecule has 0 saturated heterocycles. The lowest BCUT2D eigenvalue weighted by Gasteiger charge is -2.17. The number of nitrogens with two attached hydrogens (primary N) is 1. The number of amides is 1. The van der Waals surface area contributed by atoms with Crippen molar-refractivity contribution in [3.8, 4) is 0 Å². The van der Waals surface area contributed by atoms with Gasteiger partial charge in [0, 0.05) is 6.42 Å². The zero-order valence-corrected chi connectivity index (χ0v) is 13.8. The molecule has 1 aliphatic rings. The molecule has 1 aromatic rings. The van der Waals surface area contributed by atoms with Crippen LogP contribution in [0.3, 0.4) is 0 Å². The van der Waals surface area contributed by atoms with E-state index in [1.54, 1.807) is 0 Å². The summed E-state index contributed by atoms with van der Waals surface area (Å²) in [6.45, 7) is 6.33. The van der Waals surface area contributed by atoms with Crippen LogP contribution in [0.4, 0.5) is 0 Å². The lowest BCUT2D eigenvalue weighted by Crippen LogP contribution is -2.34. The van der Waals surface area contributed by atoms with Crippen LogP contribution in [0.5, 0.6) is 0 Å². The van der Waals surface area contributed by atoms with Crippen LogP contribution in [0, 0.1) is 5.41 Å². The van der Waals surface area contributed by atoms with Crippen LogP contribution in [0.15, 0.2) is 4.52 Å². The van der Waals surface area contributed by atoms with Gasteiger partial charge >= 0.3 is 0 Å². The molecule has 0 aromatic carbocycles. The Morgan fingerprint density at radius 3 is 2.57 bits per heavy atom. The Labute approximate surface area is 131 Å². The maximum Gasteiger partial charge on any atom is 0.246 e. The highest BCUT2D eigenvalue weighted by Crippen LogP contribution is 2.34. The molecule has 1 saturated carbocycles. The van der Waals surface area contributed by atoms with E-state index in [9.17, 15) is 4.79 Å². The zero-order chi connectivity index (χ0) is 14.8. The number of aromatic nitrogens is 2. The summed E-state index contributed by atoms with van der Waals surface area (Å²) in [4.78, 5) is 16.0. The van der Waals surface area contributed by atoms with Crippen LogP contribution in [-0.4, -0.2) is 16.0 Å². The maximum absolute atomic E-state index is 11.7. The SMILES string of the molecule is CC(C)(C)CC(=O)NCc1nc(C2(N)CCCC2)no1.Cl. The van der Waals surface area contributed by atoms with Gasteiger partial charge in [-0.25, -0.2) is 0 Å². The Morgan fingerprint density at radius 2 is 2.00 bits per heavy atom.